The number of halogens is 1. The first-order valence-electron chi connectivity index (χ1n) is 6.19. The summed E-state index contributed by atoms with van der Waals surface area (Å²) >= 11 is 0. The van der Waals surface area contributed by atoms with Crippen molar-refractivity contribution in [2.45, 2.75) is 20.3 Å². The summed E-state index contributed by atoms with van der Waals surface area (Å²) in [5.74, 6) is 0.565. The number of H-pyrrole nitrogens is 1. The molecular weight excluding hydrogens is 241 g/mol. The predicted octanol–water partition coefficient (Wildman–Crippen LogP) is 3.30. The van der Waals surface area contributed by atoms with Crippen LogP contribution in [0.4, 0.5) is 4.39 Å². The Morgan fingerprint density at radius 3 is 2.58 bits per heavy atom. The average molecular weight is 255 g/mol. The molecule has 3 aromatic rings. The molecule has 0 aliphatic rings. The number of fused-ring (bicyclic) bond motifs is 1. The molecule has 0 spiro atoms. The third-order valence-electron chi connectivity index (χ3n) is 3.13. The second-order valence-corrected chi connectivity index (χ2v) is 4.71. The van der Waals surface area contributed by atoms with Crippen molar-refractivity contribution >= 4 is 11.0 Å². The van der Waals surface area contributed by atoms with E-state index in [1.54, 1.807) is 12.1 Å². The zero-order valence-electron chi connectivity index (χ0n) is 10.9. The Kier molecular flexibility index (Phi) is 2.78. The molecule has 2 aromatic heterocycles. The van der Waals surface area contributed by atoms with Crippen LogP contribution in [0.1, 0.15) is 22.8 Å². The van der Waals surface area contributed by atoms with Gasteiger partial charge in [0.25, 0.3) is 0 Å². The van der Waals surface area contributed by atoms with E-state index in [9.17, 15) is 4.39 Å². The van der Waals surface area contributed by atoms with Crippen LogP contribution in [-0.2, 0) is 6.42 Å². The molecule has 4 heteroatoms. The second-order valence-electron chi connectivity index (χ2n) is 4.71. The van der Waals surface area contributed by atoms with Gasteiger partial charge < -0.3 is 4.98 Å². The van der Waals surface area contributed by atoms with Crippen molar-refractivity contribution in [2.75, 3.05) is 0 Å². The number of nitrogens with one attached hydrogen (secondary N) is 1. The minimum absolute atomic E-state index is 0.210. The van der Waals surface area contributed by atoms with Gasteiger partial charge in [-0.25, -0.2) is 14.4 Å². The van der Waals surface area contributed by atoms with E-state index < -0.39 is 0 Å². The quantitative estimate of drug-likeness (QED) is 0.763. The van der Waals surface area contributed by atoms with E-state index >= 15 is 0 Å². The molecule has 1 aromatic carbocycles. The fourth-order valence-electron chi connectivity index (χ4n) is 2.28. The van der Waals surface area contributed by atoms with E-state index in [-0.39, 0.29) is 5.82 Å². The Labute approximate surface area is 110 Å². The van der Waals surface area contributed by atoms with Crippen LogP contribution >= 0.6 is 0 Å². The number of hydrogen-bond acceptors (Lipinski definition) is 2. The lowest BCUT2D eigenvalue weighted by molar-refractivity contribution is 0.627. The minimum Gasteiger partial charge on any atom is -0.355 e. The fourth-order valence-corrected chi connectivity index (χ4v) is 2.28. The van der Waals surface area contributed by atoms with Gasteiger partial charge in [0.15, 0.2) is 0 Å². The molecule has 0 aliphatic carbocycles. The highest BCUT2D eigenvalue weighted by Gasteiger charge is 2.07. The Morgan fingerprint density at radius 2 is 1.84 bits per heavy atom. The van der Waals surface area contributed by atoms with Crippen molar-refractivity contribution in [1.82, 2.24) is 15.0 Å². The lowest BCUT2D eigenvalue weighted by Gasteiger charge is -1.98. The lowest BCUT2D eigenvalue weighted by Crippen LogP contribution is -1.91. The van der Waals surface area contributed by atoms with Crippen molar-refractivity contribution in [2.24, 2.45) is 0 Å². The number of hydrogen-bond donors (Lipinski definition) is 1. The summed E-state index contributed by atoms with van der Waals surface area (Å²) in [5, 5.41) is 0. The van der Waals surface area contributed by atoms with E-state index in [2.05, 4.69) is 15.0 Å². The van der Waals surface area contributed by atoms with Crippen LogP contribution in [0.15, 0.2) is 30.3 Å². The first-order chi connectivity index (χ1) is 9.11. The maximum absolute atomic E-state index is 12.9. The van der Waals surface area contributed by atoms with Gasteiger partial charge in [-0.15, -0.1) is 0 Å². The van der Waals surface area contributed by atoms with Crippen LogP contribution < -0.4 is 0 Å². The summed E-state index contributed by atoms with van der Waals surface area (Å²) in [4.78, 5) is 12.1. The summed E-state index contributed by atoms with van der Waals surface area (Å²) in [6.07, 6.45) is 0.731. The summed E-state index contributed by atoms with van der Waals surface area (Å²) in [6.45, 7) is 3.86. The molecule has 19 heavy (non-hydrogen) atoms. The highest BCUT2D eigenvalue weighted by atomic mass is 19.1. The van der Waals surface area contributed by atoms with E-state index in [4.69, 9.17) is 0 Å². The molecule has 0 bridgehead atoms. The molecule has 0 radical (unpaired) electrons. The van der Waals surface area contributed by atoms with Gasteiger partial charge in [0.1, 0.15) is 11.6 Å². The molecule has 96 valence electrons. The van der Waals surface area contributed by atoms with Crippen LogP contribution in [0.3, 0.4) is 0 Å². The number of benzene rings is 1. The number of aromatic nitrogens is 3. The van der Waals surface area contributed by atoms with Gasteiger partial charge in [-0.05, 0) is 37.6 Å². The standard InChI is InChI=1S/C15H14FN3/c1-9-15-14(18-10(2)17-9)8-13(19-15)7-11-3-5-12(16)6-4-11/h3-6,8,19H,7H2,1-2H3. The van der Waals surface area contributed by atoms with Gasteiger partial charge in [-0.3, -0.25) is 0 Å². The first kappa shape index (κ1) is 11.8. The summed E-state index contributed by atoms with van der Waals surface area (Å²) < 4.78 is 12.9. The number of aromatic amines is 1. The Hall–Kier alpha value is -2.23. The molecule has 0 saturated carbocycles. The number of aryl methyl sites for hydroxylation is 2. The molecule has 1 N–H and O–H groups in total. The normalized spacial score (nSPS) is 11.1. The molecule has 2 heterocycles. The van der Waals surface area contributed by atoms with Crippen molar-refractivity contribution in [3.8, 4) is 0 Å². The largest absolute Gasteiger partial charge is 0.355 e. The molecular formula is C15H14FN3. The van der Waals surface area contributed by atoms with Gasteiger partial charge in [-0.1, -0.05) is 12.1 Å². The van der Waals surface area contributed by atoms with Crippen LogP contribution in [0.25, 0.3) is 11.0 Å². The van der Waals surface area contributed by atoms with E-state index in [0.717, 1.165) is 40.2 Å². The average Bonchev–Trinajstić information content (AvgIpc) is 2.75. The van der Waals surface area contributed by atoms with Crippen molar-refractivity contribution in [3.05, 3.63) is 58.9 Å². The highest BCUT2D eigenvalue weighted by molar-refractivity contribution is 5.78. The first-order valence-corrected chi connectivity index (χ1v) is 6.19. The number of rotatable bonds is 2. The maximum atomic E-state index is 12.9. The second kappa shape index (κ2) is 4.46. The zero-order valence-corrected chi connectivity index (χ0v) is 10.9. The molecule has 3 nitrogen and oxygen atoms in total. The van der Waals surface area contributed by atoms with Crippen LogP contribution in [0.5, 0.6) is 0 Å². The maximum Gasteiger partial charge on any atom is 0.126 e. The molecule has 0 aliphatic heterocycles. The van der Waals surface area contributed by atoms with E-state index in [0.29, 0.717) is 0 Å². The molecule has 3 rings (SSSR count). The van der Waals surface area contributed by atoms with Crippen LogP contribution in [-0.4, -0.2) is 15.0 Å². The van der Waals surface area contributed by atoms with Crippen molar-refractivity contribution in [3.63, 3.8) is 0 Å². The van der Waals surface area contributed by atoms with Crippen molar-refractivity contribution in [1.29, 1.82) is 0 Å². The SMILES string of the molecule is Cc1nc(C)c2[nH]c(Cc3ccc(F)cc3)cc2n1. The zero-order chi connectivity index (χ0) is 13.4. The molecule has 0 atom stereocenters. The Balaban J connectivity index is 1.97. The summed E-state index contributed by atoms with van der Waals surface area (Å²) in [7, 11) is 0. The Morgan fingerprint density at radius 1 is 1.11 bits per heavy atom. The predicted molar refractivity (Wildman–Crippen MR) is 72.6 cm³/mol. The third-order valence-corrected chi connectivity index (χ3v) is 3.13. The van der Waals surface area contributed by atoms with Gasteiger partial charge in [-0.2, -0.15) is 0 Å². The summed E-state index contributed by atoms with van der Waals surface area (Å²) in [6, 6.07) is 8.58. The minimum atomic E-state index is -0.210. The van der Waals surface area contributed by atoms with E-state index in [1.165, 1.54) is 12.1 Å². The van der Waals surface area contributed by atoms with Gasteiger partial charge in [0.05, 0.1) is 16.7 Å². The van der Waals surface area contributed by atoms with E-state index in [1.807, 2.05) is 19.9 Å². The molecule has 0 amide bonds. The van der Waals surface area contributed by atoms with Crippen LogP contribution in [0.2, 0.25) is 0 Å². The van der Waals surface area contributed by atoms with Crippen LogP contribution in [0, 0.1) is 19.7 Å². The molecule has 0 fully saturated rings. The molecule has 0 saturated heterocycles. The topological polar surface area (TPSA) is 41.6 Å². The number of nitrogens with zero attached hydrogens (tertiary/aromatic N) is 2. The third kappa shape index (κ3) is 2.34. The van der Waals surface area contributed by atoms with Gasteiger partial charge >= 0.3 is 0 Å². The van der Waals surface area contributed by atoms with Crippen molar-refractivity contribution < 1.29 is 4.39 Å². The highest BCUT2D eigenvalue weighted by Crippen LogP contribution is 2.18. The summed E-state index contributed by atoms with van der Waals surface area (Å²) in [5.41, 5.74) is 4.98. The smallest absolute Gasteiger partial charge is 0.126 e. The lowest BCUT2D eigenvalue weighted by atomic mass is 10.1. The van der Waals surface area contributed by atoms with Gasteiger partial charge in [0, 0.05) is 12.1 Å². The monoisotopic (exact) mass is 255 g/mol. The molecule has 0 unspecified atom stereocenters. The Bertz CT molecular complexity index is 729. The van der Waals surface area contributed by atoms with Gasteiger partial charge in [0.2, 0.25) is 0 Å². The fraction of sp³-hybridized carbons (Fsp3) is 0.200.